The average molecular weight is 530 g/mol. The number of primary amides is 1. The predicted molar refractivity (Wildman–Crippen MR) is 139 cm³/mol. The number of nitrogens with zero attached hydrogens (tertiary/aromatic N) is 3. The normalized spacial score (nSPS) is 12.4. The van der Waals surface area contributed by atoms with E-state index in [1.807, 2.05) is 13.8 Å². The summed E-state index contributed by atoms with van der Waals surface area (Å²) in [6.45, 7) is 5.33. The van der Waals surface area contributed by atoms with Crippen molar-refractivity contribution in [3.05, 3.63) is 69.5 Å². The van der Waals surface area contributed by atoms with Gasteiger partial charge in [-0.25, -0.2) is 4.68 Å². The number of benzene rings is 1. The molecule has 3 aromatic rings. The Bertz CT molecular complexity index is 1360. The summed E-state index contributed by atoms with van der Waals surface area (Å²) in [5, 5.41) is 7.36. The first kappa shape index (κ1) is 26.7. The van der Waals surface area contributed by atoms with E-state index in [2.05, 4.69) is 15.4 Å². The van der Waals surface area contributed by atoms with Crippen molar-refractivity contribution in [2.24, 2.45) is 11.5 Å². The second-order valence-electron chi connectivity index (χ2n) is 8.28. The molecule has 0 fully saturated rings. The van der Waals surface area contributed by atoms with Crippen molar-refractivity contribution >= 4 is 52.4 Å². The number of pyridine rings is 1. The number of imide groups is 1. The molecule has 0 aliphatic rings. The first-order valence-corrected chi connectivity index (χ1v) is 11.6. The van der Waals surface area contributed by atoms with Gasteiger partial charge >= 0.3 is 0 Å². The SMILES string of the molecule is CC(C(=O)NC(=O)C=C(N)c1ccc(Cl)cc1Cl)c1ccc(-c2nn(C(C)C)c(N)c2C(N)=O)cn1. The summed E-state index contributed by atoms with van der Waals surface area (Å²) in [6, 6.07) is 7.79. The highest BCUT2D eigenvalue weighted by Crippen LogP contribution is 2.29. The molecule has 0 bridgehead atoms. The zero-order chi connectivity index (χ0) is 26.7. The van der Waals surface area contributed by atoms with Gasteiger partial charge in [0.15, 0.2) is 0 Å². The fourth-order valence-corrected chi connectivity index (χ4v) is 3.95. The highest BCUT2D eigenvalue weighted by Gasteiger charge is 2.24. The Morgan fingerprint density at radius 2 is 1.78 bits per heavy atom. The number of nitrogens with one attached hydrogen (secondary N) is 1. The molecule has 0 saturated heterocycles. The molecule has 2 heterocycles. The number of hydrogen-bond donors (Lipinski definition) is 4. The van der Waals surface area contributed by atoms with E-state index < -0.39 is 23.6 Å². The van der Waals surface area contributed by atoms with Gasteiger partial charge < -0.3 is 17.2 Å². The molecular formula is C24H25Cl2N7O3. The van der Waals surface area contributed by atoms with Crippen molar-refractivity contribution in [3.63, 3.8) is 0 Å². The van der Waals surface area contributed by atoms with E-state index in [-0.39, 0.29) is 28.1 Å². The molecule has 1 atom stereocenters. The lowest BCUT2D eigenvalue weighted by atomic mass is 10.0. The number of anilines is 1. The van der Waals surface area contributed by atoms with Gasteiger partial charge in [-0.15, -0.1) is 0 Å². The minimum atomic E-state index is -0.773. The Kier molecular flexibility index (Phi) is 8.01. The lowest BCUT2D eigenvalue weighted by Gasteiger charge is -2.11. The Balaban J connectivity index is 1.76. The minimum Gasteiger partial charge on any atom is -0.398 e. The van der Waals surface area contributed by atoms with Crippen LogP contribution in [0.15, 0.2) is 42.6 Å². The van der Waals surface area contributed by atoms with Gasteiger partial charge in [-0.1, -0.05) is 23.2 Å². The Morgan fingerprint density at radius 3 is 2.33 bits per heavy atom. The second-order valence-corrected chi connectivity index (χ2v) is 9.13. The van der Waals surface area contributed by atoms with Crippen LogP contribution in [-0.2, 0) is 9.59 Å². The number of halogens is 2. The smallest absolute Gasteiger partial charge is 0.254 e. The quantitative estimate of drug-likeness (QED) is 0.339. The van der Waals surface area contributed by atoms with Gasteiger partial charge in [0.1, 0.15) is 17.1 Å². The van der Waals surface area contributed by atoms with Gasteiger partial charge in [-0.2, -0.15) is 5.10 Å². The zero-order valence-electron chi connectivity index (χ0n) is 19.8. The molecule has 0 radical (unpaired) electrons. The van der Waals surface area contributed by atoms with Crippen LogP contribution in [0.1, 0.15) is 54.3 Å². The van der Waals surface area contributed by atoms with Crippen LogP contribution in [0.4, 0.5) is 5.82 Å². The third-order valence-electron chi connectivity index (χ3n) is 5.35. The number of nitrogen functional groups attached to an aromatic ring is 1. The van der Waals surface area contributed by atoms with E-state index in [9.17, 15) is 14.4 Å². The van der Waals surface area contributed by atoms with Gasteiger partial charge in [0, 0.05) is 40.2 Å². The third-order valence-corrected chi connectivity index (χ3v) is 5.90. The number of amides is 3. The maximum atomic E-state index is 12.6. The molecule has 1 unspecified atom stereocenters. The molecule has 188 valence electrons. The van der Waals surface area contributed by atoms with Crippen LogP contribution in [-0.4, -0.2) is 32.5 Å². The van der Waals surface area contributed by atoms with Crippen molar-refractivity contribution in [2.75, 3.05) is 5.73 Å². The van der Waals surface area contributed by atoms with Crippen LogP contribution in [0.25, 0.3) is 17.0 Å². The first-order chi connectivity index (χ1) is 16.9. The molecule has 10 nitrogen and oxygen atoms in total. The average Bonchev–Trinajstić information content (AvgIpc) is 3.16. The lowest BCUT2D eigenvalue weighted by Crippen LogP contribution is -2.33. The highest BCUT2D eigenvalue weighted by atomic mass is 35.5. The molecule has 36 heavy (non-hydrogen) atoms. The monoisotopic (exact) mass is 529 g/mol. The topological polar surface area (TPSA) is 172 Å². The molecule has 3 amide bonds. The number of nitrogens with two attached hydrogens (primary N) is 3. The van der Waals surface area contributed by atoms with Crippen LogP contribution >= 0.6 is 23.2 Å². The number of carbonyl (C=O) groups excluding carboxylic acids is 3. The van der Waals surface area contributed by atoms with Crippen molar-refractivity contribution in [2.45, 2.75) is 32.7 Å². The second kappa shape index (κ2) is 10.8. The van der Waals surface area contributed by atoms with Gasteiger partial charge in [0.25, 0.3) is 11.8 Å². The summed E-state index contributed by atoms with van der Waals surface area (Å²) in [7, 11) is 0. The zero-order valence-corrected chi connectivity index (χ0v) is 21.3. The van der Waals surface area contributed by atoms with Crippen LogP contribution in [0, 0.1) is 0 Å². The third kappa shape index (κ3) is 5.67. The van der Waals surface area contributed by atoms with Gasteiger partial charge in [-0.05, 0) is 51.1 Å². The molecule has 0 aliphatic carbocycles. The van der Waals surface area contributed by atoms with E-state index in [4.69, 9.17) is 40.4 Å². The van der Waals surface area contributed by atoms with Crippen LogP contribution < -0.4 is 22.5 Å². The predicted octanol–water partition coefficient (Wildman–Crippen LogP) is 3.26. The van der Waals surface area contributed by atoms with E-state index in [0.717, 1.165) is 6.08 Å². The van der Waals surface area contributed by atoms with E-state index in [0.29, 0.717) is 27.5 Å². The van der Waals surface area contributed by atoms with E-state index in [1.165, 1.54) is 16.9 Å². The van der Waals surface area contributed by atoms with Crippen LogP contribution in [0.3, 0.4) is 0 Å². The highest BCUT2D eigenvalue weighted by molar-refractivity contribution is 6.35. The largest absolute Gasteiger partial charge is 0.398 e. The summed E-state index contributed by atoms with van der Waals surface area (Å²) < 4.78 is 1.50. The van der Waals surface area contributed by atoms with Crippen LogP contribution in [0.2, 0.25) is 10.0 Å². The fraction of sp³-hybridized carbons (Fsp3) is 0.208. The number of rotatable bonds is 7. The Morgan fingerprint density at radius 1 is 1.08 bits per heavy atom. The van der Waals surface area contributed by atoms with E-state index in [1.54, 1.807) is 31.2 Å². The standard InChI is InChI=1S/C24H25Cl2N7O3/c1-11(2)33-22(28)20(23(29)35)21(32-33)13-4-7-18(30-10-13)12(3)24(36)31-19(34)9-17(27)15-6-5-14(25)8-16(15)26/h4-12H,27-28H2,1-3H3,(H2,29,35)(H,31,34,36). The maximum absolute atomic E-state index is 12.6. The van der Waals surface area contributed by atoms with Crippen molar-refractivity contribution in [1.82, 2.24) is 20.1 Å². The van der Waals surface area contributed by atoms with Gasteiger partial charge in [0.2, 0.25) is 5.91 Å². The van der Waals surface area contributed by atoms with Crippen molar-refractivity contribution in [3.8, 4) is 11.3 Å². The Labute approximate surface area is 217 Å². The minimum absolute atomic E-state index is 0.0717. The molecule has 1 aromatic carbocycles. The molecule has 3 rings (SSSR count). The summed E-state index contributed by atoms with van der Waals surface area (Å²) in [5.41, 5.74) is 19.3. The number of hydrogen-bond acceptors (Lipinski definition) is 7. The Hall–Kier alpha value is -3.89. The summed E-state index contributed by atoms with van der Waals surface area (Å²) in [6.07, 6.45) is 2.53. The number of aromatic nitrogens is 3. The maximum Gasteiger partial charge on any atom is 0.254 e. The molecule has 0 aliphatic heterocycles. The lowest BCUT2D eigenvalue weighted by molar-refractivity contribution is -0.128. The summed E-state index contributed by atoms with van der Waals surface area (Å²) >= 11 is 12.0. The molecule has 0 saturated carbocycles. The molecule has 2 aromatic heterocycles. The molecular weight excluding hydrogens is 505 g/mol. The molecule has 0 spiro atoms. The summed E-state index contributed by atoms with van der Waals surface area (Å²) in [4.78, 5) is 41.3. The van der Waals surface area contributed by atoms with Crippen molar-refractivity contribution in [1.29, 1.82) is 0 Å². The van der Waals surface area contributed by atoms with Crippen LogP contribution in [0.5, 0.6) is 0 Å². The molecule has 7 N–H and O–H groups in total. The molecule has 12 heteroatoms. The fourth-order valence-electron chi connectivity index (χ4n) is 3.43. The van der Waals surface area contributed by atoms with Crippen molar-refractivity contribution < 1.29 is 14.4 Å². The first-order valence-electron chi connectivity index (χ1n) is 10.8. The summed E-state index contributed by atoms with van der Waals surface area (Å²) in [5.74, 6) is -2.62. The number of carbonyl (C=O) groups is 3. The van der Waals surface area contributed by atoms with Gasteiger partial charge in [0.05, 0.1) is 16.6 Å². The van der Waals surface area contributed by atoms with E-state index >= 15 is 0 Å². The van der Waals surface area contributed by atoms with Gasteiger partial charge in [-0.3, -0.25) is 24.7 Å².